The van der Waals surface area contributed by atoms with Crippen LogP contribution in [0.2, 0.25) is 0 Å². The second-order valence-electron chi connectivity index (χ2n) is 8.04. The molecule has 6 heteroatoms. The van der Waals surface area contributed by atoms with Gasteiger partial charge >= 0.3 is 0 Å². The molecule has 0 saturated carbocycles. The Kier molecular flexibility index (Phi) is 4.90. The lowest BCUT2D eigenvalue weighted by atomic mass is 10.1. The maximum atomic E-state index is 13.5. The molecule has 1 atom stereocenters. The molecule has 1 amide bonds. The molecule has 4 aromatic rings. The largest absolute Gasteiger partial charge is 0.337 e. The zero-order chi connectivity index (χ0) is 21.4. The third kappa shape index (κ3) is 3.44. The average Bonchev–Trinajstić information content (AvgIpc) is 3.50. The van der Waals surface area contributed by atoms with Crippen LogP contribution >= 0.6 is 0 Å². The Hall–Kier alpha value is -3.67. The molecule has 0 spiro atoms. The Morgan fingerprint density at radius 2 is 1.84 bits per heavy atom. The molecule has 1 unspecified atom stereocenters. The van der Waals surface area contributed by atoms with E-state index in [-0.39, 0.29) is 11.9 Å². The van der Waals surface area contributed by atoms with E-state index in [0.29, 0.717) is 5.69 Å². The van der Waals surface area contributed by atoms with Gasteiger partial charge in [0.2, 0.25) is 0 Å². The minimum Gasteiger partial charge on any atom is -0.337 e. The molecule has 0 bridgehead atoms. The predicted molar refractivity (Wildman–Crippen MR) is 119 cm³/mol. The number of imidazole rings is 1. The number of nitrogens with zero attached hydrogens (tertiary/aromatic N) is 4. The first-order valence-corrected chi connectivity index (χ1v) is 10.6. The van der Waals surface area contributed by atoms with Crippen molar-refractivity contribution in [1.29, 1.82) is 0 Å². The fourth-order valence-corrected chi connectivity index (χ4v) is 4.42. The summed E-state index contributed by atoms with van der Waals surface area (Å²) in [6.45, 7) is 2.07. The minimum atomic E-state index is -0.352. The quantitative estimate of drug-likeness (QED) is 0.541. The number of hydrogen-bond acceptors (Lipinski definition) is 3. The molecule has 1 aliphatic rings. The van der Waals surface area contributed by atoms with Gasteiger partial charge in [0.25, 0.3) is 5.91 Å². The highest BCUT2D eigenvalue weighted by molar-refractivity contribution is 5.94. The van der Waals surface area contributed by atoms with Crippen molar-refractivity contribution in [2.75, 3.05) is 0 Å². The molecule has 1 N–H and O–H groups in total. The number of carbonyl (C=O) groups is 1. The van der Waals surface area contributed by atoms with Gasteiger partial charge in [-0.25, -0.2) is 9.67 Å². The van der Waals surface area contributed by atoms with E-state index in [1.807, 2.05) is 65.0 Å². The van der Waals surface area contributed by atoms with Crippen LogP contribution in [-0.2, 0) is 19.9 Å². The van der Waals surface area contributed by atoms with Crippen molar-refractivity contribution in [3.8, 4) is 5.69 Å². The predicted octanol–water partition coefficient (Wildman–Crippen LogP) is 3.92. The Bertz CT molecular complexity index is 1240. The maximum Gasteiger partial charge on any atom is 0.272 e. The Balaban J connectivity index is 1.54. The van der Waals surface area contributed by atoms with Gasteiger partial charge in [0, 0.05) is 30.7 Å². The van der Waals surface area contributed by atoms with Gasteiger partial charge in [0.05, 0.1) is 5.69 Å². The second kappa shape index (κ2) is 7.87. The monoisotopic (exact) mass is 411 g/mol. The van der Waals surface area contributed by atoms with Crippen LogP contribution in [-0.4, -0.2) is 25.2 Å². The lowest BCUT2D eigenvalue weighted by molar-refractivity contribution is 0.0934. The van der Waals surface area contributed by atoms with Crippen LogP contribution in [0.15, 0.2) is 67.0 Å². The number of para-hydroxylation sites is 1. The van der Waals surface area contributed by atoms with E-state index in [1.165, 1.54) is 0 Å². The van der Waals surface area contributed by atoms with Crippen molar-refractivity contribution in [3.63, 3.8) is 0 Å². The Morgan fingerprint density at radius 3 is 2.58 bits per heavy atom. The number of fused-ring (bicyclic) bond motifs is 1. The van der Waals surface area contributed by atoms with Crippen molar-refractivity contribution in [1.82, 2.24) is 24.6 Å². The van der Waals surface area contributed by atoms with E-state index < -0.39 is 0 Å². The van der Waals surface area contributed by atoms with Gasteiger partial charge in [0.15, 0.2) is 5.69 Å². The number of amides is 1. The number of hydrogen-bond donors (Lipinski definition) is 1. The lowest BCUT2D eigenvalue weighted by Crippen LogP contribution is -2.32. The molecule has 156 valence electrons. The molecular formula is C25H25N5O. The highest BCUT2D eigenvalue weighted by Crippen LogP contribution is 2.29. The van der Waals surface area contributed by atoms with Gasteiger partial charge in [-0.05, 0) is 43.4 Å². The van der Waals surface area contributed by atoms with Gasteiger partial charge in [-0.1, -0.05) is 48.5 Å². The number of aryl methyl sites for hydroxylation is 2. The molecule has 0 radical (unpaired) electrons. The number of carbonyl (C=O) groups excluding carboxylic acids is 1. The zero-order valence-electron chi connectivity index (χ0n) is 17.7. The summed E-state index contributed by atoms with van der Waals surface area (Å²) < 4.78 is 3.90. The first-order chi connectivity index (χ1) is 15.1. The number of nitrogens with one attached hydrogen (secondary N) is 1. The van der Waals surface area contributed by atoms with Crippen LogP contribution in [0.5, 0.6) is 0 Å². The summed E-state index contributed by atoms with van der Waals surface area (Å²) >= 11 is 0. The van der Waals surface area contributed by atoms with E-state index in [1.54, 1.807) is 6.20 Å². The second-order valence-corrected chi connectivity index (χ2v) is 8.04. The molecule has 6 nitrogen and oxygen atoms in total. The van der Waals surface area contributed by atoms with Crippen LogP contribution in [0.4, 0.5) is 0 Å². The van der Waals surface area contributed by atoms with Crippen LogP contribution < -0.4 is 5.32 Å². The summed E-state index contributed by atoms with van der Waals surface area (Å²) in [6, 6.07) is 17.8. The van der Waals surface area contributed by atoms with Gasteiger partial charge in [-0.15, -0.1) is 0 Å². The van der Waals surface area contributed by atoms with Crippen molar-refractivity contribution in [3.05, 3.63) is 101 Å². The average molecular weight is 412 g/mol. The summed E-state index contributed by atoms with van der Waals surface area (Å²) in [6.07, 6.45) is 6.50. The van der Waals surface area contributed by atoms with E-state index in [9.17, 15) is 4.79 Å². The van der Waals surface area contributed by atoms with Gasteiger partial charge < -0.3 is 9.88 Å². The molecule has 2 aromatic heterocycles. The zero-order valence-corrected chi connectivity index (χ0v) is 17.7. The fraction of sp³-hybridized carbons (Fsp3) is 0.240. The topological polar surface area (TPSA) is 64.7 Å². The first-order valence-electron chi connectivity index (χ1n) is 10.6. The standard InChI is InChI=1S/C25H25N5O/c1-17-9-6-7-13-20(17)30-21-14-8-12-19(21)23(28-30)25(31)27-22(18-10-4-3-5-11-18)24-26-15-16-29(24)2/h3-7,9-11,13,15-16,22H,8,12,14H2,1-2H3,(H,27,31). The molecule has 2 heterocycles. The summed E-state index contributed by atoms with van der Waals surface area (Å²) in [4.78, 5) is 18.0. The molecular weight excluding hydrogens is 386 g/mol. The fourth-order valence-electron chi connectivity index (χ4n) is 4.42. The van der Waals surface area contributed by atoms with Crippen molar-refractivity contribution in [2.45, 2.75) is 32.2 Å². The van der Waals surface area contributed by atoms with Gasteiger partial charge in [-0.2, -0.15) is 5.10 Å². The molecule has 0 aliphatic heterocycles. The molecule has 1 aliphatic carbocycles. The summed E-state index contributed by atoms with van der Waals surface area (Å²) in [7, 11) is 1.94. The number of benzene rings is 2. The van der Waals surface area contributed by atoms with Gasteiger partial charge in [-0.3, -0.25) is 4.79 Å². The van der Waals surface area contributed by atoms with E-state index >= 15 is 0 Å². The molecule has 2 aromatic carbocycles. The molecule has 31 heavy (non-hydrogen) atoms. The SMILES string of the molecule is Cc1ccccc1-n1nc(C(=O)NC(c2ccccc2)c2nccn2C)c2c1CCC2. The van der Waals surface area contributed by atoms with Crippen molar-refractivity contribution >= 4 is 5.91 Å². The van der Waals surface area contributed by atoms with E-state index in [4.69, 9.17) is 5.10 Å². The van der Waals surface area contributed by atoms with Crippen molar-refractivity contribution < 1.29 is 4.79 Å². The Morgan fingerprint density at radius 1 is 1.06 bits per heavy atom. The third-order valence-electron chi connectivity index (χ3n) is 6.01. The Labute approximate surface area is 181 Å². The smallest absolute Gasteiger partial charge is 0.272 e. The maximum absolute atomic E-state index is 13.5. The summed E-state index contributed by atoms with van der Waals surface area (Å²) in [5.74, 6) is 0.622. The number of aromatic nitrogens is 4. The van der Waals surface area contributed by atoms with Gasteiger partial charge in [0.1, 0.15) is 11.9 Å². The van der Waals surface area contributed by atoms with E-state index in [2.05, 4.69) is 29.4 Å². The molecule has 0 fully saturated rings. The minimum absolute atomic E-state index is 0.165. The van der Waals surface area contributed by atoms with E-state index in [0.717, 1.165) is 53.2 Å². The van der Waals surface area contributed by atoms with Crippen LogP contribution in [0.25, 0.3) is 5.69 Å². The van der Waals surface area contributed by atoms with Crippen LogP contribution in [0.1, 0.15) is 51.2 Å². The van der Waals surface area contributed by atoms with Crippen LogP contribution in [0.3, 0.4) is 0 Å². The molecule has 0 saturated heterocycles. The third-order valence-corrected chi connectivity index (χ3v) is 6.01. The summed E-state index contributed by atoms with van der Waals surface area (Å²) in [5, 5.41) is 7.99. The molecule has 5 rings (SSSR count). The lowest BCUT2D eigenvalue weighted by Gasteiger charge is -2.19. The van der Waals surface area contributed by atoms with Crippen LogP contribution in [0, 0.1) is 6.92 Å². The first kappa shape index (κ1) is 19.3. The normalized spacial score (nSPS) is 13.7. The number of rotatable bonds is 5. The van der Waals surface area contributed by atoms with Crippen molar-refractivity contribution in [2.24, 2.45) is 7.05 Å². The summed E-state index contributed by atoms with van der Waals surface area (Å²) in [5.41, 5.74) is 5.89. The highest BCUT2D eigenvalue weighted by atomic mass is 16.2. The highest BCUT2D eigenvalue weighted by Gasteiger charge is 2.29.